The second-order valence-electron chi connectivity index (χ2n) is 3.27. The minimum absolute atomic E-state index is 0.323. The summed E-state index contributed by atoms with van der Waals surface area (Å²) in [4.78, 5) is 10.4. The molecule has 0 fully saturated rings. The molecule has 1 atom stereocenters. The highest BCUT2D eigenvalue weighted by atomic mass is 35.5. The number of rotatable bonds is 3. The van der Waals surface area contributed by atoms with Crippen LogP contribution in [0.5, 0.6) is 0 Å². The molecular formula is C10H10ClFO2. The summed E-state index contributed by atoms with van der Waals surface area (Å²) in [6.45, 7) is 1.24. The van der Waals surface area contributed by atoms with Crippen LogP contribution in [0.3, 0.4) is 0 Å². The van der Waals surface area contributed by atoms with Crippen molar-refractivity contribution in [2.24, 2.45) is 0 Å². The molecule has 0 saturated heterocycles. The monoisotopic (exact) mass is 216 g/mol. The van der Waals surface area contributed by atoms with Crippen LogP contribution in [-0.2, 0) is 10.5 Å². The predicted octanol–water partition coefficient (Wildman–Crippen LogP) is 3.00. The third-order valence-electron chi connectivity index (χ3n) is 1.93. The van der Waals surface area contributed by atoms with Crippen molar-refractivity contribution in [1.82, 2.24) is 0 Å². The zero-order chi connectivity index (χ0) is 10.8. The maximum absolute atomic E-state index is 13.8. The molecule has 0 radical (unpaired) electrons. The first-order chi connectivity index (χ1) is 6.42. The predicted molar refractivity (Wildman–Crippen MR) is 52.2 cm³/mol. The van der Waals surface area contributed by atoms with Crippen LogP contribution in [0.15, 0.2) is 24.3 Å². The summed E-state index contributed by atoms with van der Waals surface area (Å²) in [5.74, 6) is -1.16. The maximum Gasteiger partial charge on any atom is 0.306 e. The SMILES string of the molecule is CC(F)(CC(=O)O)c1ccc(Cl)cc1. The van der Waals surface area contributed by atoms with Crippen LogP contribution in [0, 0.1) is 0 Å². The van der Waals surface area contributed by atoms with E-state index >= 15 is 0 Å². The lowest BCUT2D eigenvalue weighted by Crippen LogP contribution is -2.19. The van der Waals surface area contributed by atoms with E-state index in [9.17, 15) is 9.18 Å². The van der Waals surface area contributed by atoms with E-state index in [0.29, 0.717) is 10.6 Å². The molecule has 0 heterocycles. The van der Waals surface area contributed by atoms with Crippen molar-refractivity contribution in [3.63, 3.8) is 0 Å². The van der Waals surface area contributed by atoms with E-state index in [-0.39, 0.29) is 0 Å². The van der Waals surface area contributed by atoms with Crippen LogP contribution in [-0.4, -0.2) is 11.1 Å². The number of carboxylic acid groups (broad SMARTS) is 1. The van der Waals surface area contributed by atoms with Crippen LogP contribution >= 0.6 is 11.6 Å². The summed E-state index contributed by atoms with van der Waals surface area (Å²) in [7, 11) is 0. The van der Waals surface area contributed by atoms with Crippen molar-refractivity contribution in [1.29, 1.82) is 0 Å². The molecule has 1 unspecified atom stereocenters. The normalized spacial score (nSPS) is 14.8. The standard InChI is InChI=1S/C10H10ClFO2/c1-10(12,6-9(13)14)7-2-4-8(11)5-3-7/h2-5H,6H2,1H3,(H,13,14). The van der Waals surface area contributed by atoms with Gasteiger partial charge in [-0.25, -0.2) is 4.39 Å². The smallest absolute Gasteiger partial charge is 0.306 e. The van der Waals surface area contributed by atoms with Gasteiger partial charge in [-0.15, -0.1) is 0 Å². The van der Waals surface area contributed by atoms with Crippen molar-refractivity contribution in [3.8, 4) is 0 Å². The summed E-state index contributed by atoms with van der Waals surface area (Å²) in [6, 6.07) is 6.06. The van der Waals surface area contributed by atoms with Crippen molar-refractivity contribution in [2.45, 2.75) is 19.0 Å². The summed E-state index contributed by atoms with van der Waals surface area (Å²) in [5.41, 5.74) is -1.53. The quantitative estimate of drug-likeness (QED) is 0.844. The van der Waals surface area contributed by atoms with Gasteiger partial charge in [0.2, 0.25) is 0 Å². The average molecular weight is 217 g/mol. The molecule has 4 heteroatoms. The van der Waals surface area contributed by atoms with Crippen LogP contribution in [0.4, 0.5) is 4.39 Å². The van der Waals surface area contributed by atoms with Gasteiger partial charge in [0.1, 0.15) is 5.67 Å². The number of hydrogen-bond acceptors (Lipinski definition) is 1. The summed E-state index contributed by atoms with van der Waals surface area (Å²) >= 11 is 5.63. The number of halogens is 2. The first-order valence-electron chi connectivity index (χ1n) is 4.08. The molecule has 0 bridgehead atoms. The van der Waals surface area contributed by atoms with Gasteiger partial charge in [-0.1, -0.05) is 23.7 Å². The van der Waals surface area contributed by atoms with Crippen LogP contribution < -0.4 is 0 Å². The van der Waals surface area contributed by atoms with E-state index in [2.05, 4.69) is 0 Å². The van der Waals surface area contributed by atoms with E-state index in [1.165, 1.54) is 31.2 Å². The van der Waals surface area contributed by atoms with Crippen molar-refractivity contribution in [3.05, 3.63) is 34.9 Å². The molecular weight excluding hydrogens is 207 g/mol. The minimum Gasteiger partial charge on any atom is -0.481 e. The van der Waals surface area contributed by atoms with Gasteiger partial charge in [0.15, 0.2) is 0 Å². The fraction of sp³-hybridized carbons (Fsp3) is 0.300. The molecule has 0 aromatic heterocycles. The summed E-state index contributed by atoms with van der Waals surface area (Å²) in [6.07, 6.45) is -0.547. The van der Waals surface area contributed by atoms with Crippen molar-refractivity contribution >= 4 is 17.6 Å². The summed E-state index contributed by atoms with van der Waals surface area (Å²) < 4.78 is 13.8. The Balaban J connectivity index is 2.91. The number of alkyl halides is 1. The molecule has 1 N–H and O–H groups in total. The Labute approximate surface area is 86.3 Å². The van der Waals surface area contributed by atoms with Gasteiger partial charge in [0, 0.05) is 5.02 Å². The average Bonchev–Trinajstić information content (AvgIpc) is 2.02. The lowest BCUT2D eigenvalue weighted by molar-refractivity contribution is -0.140. The molecule has 14 heavy (non-hydrogen) atoms. The molecule has 1 rings (SSSR count). The highest BCUT2D eigenvalue weighted by Gasteiger charge is 2.28. The molecule has 1 aromatic rings. The zero-order valence-corrected chi connectivity index (χ0v) is 8.38. The first kappa shape index (κ1) is 11.0. The number of carboxylic acids is 1. The van der Waals surface area contributed by atoms with Crippen LogP contribution in [0.1, 0.15) is 18.9 Å². The summed E-state index contributed by atoms with van der Waals surface area (Å²) in [5, 5.41) is 9.00. The van der Waals surface area contributed by atoms with Gasteiger partial charge in [-0.3, -0.25) is 4.79 Å². The molecule has 0 spiro atoms. The number of aliphatic carboxylic acids is 1. The van der Waals surface area contributed by atoms with Crippen LogP contribution in [0.25, 0.3) is 0 Å². The minimum atomic E-state index is -1.85. The molecule has 0 aliphatic heterocycles. The number of hydrogen-bond donors (Lipinski definition) is 1. The van der Waals surface area contributed by atoms with E-state index in [0.717, 1.165) is 0 Å². The van der Waals surface area contributed by atoms with E-state index in [1.807, 2.05) is 0 Å². The van der Waals surface area contributed by atoms with Gasteiger partial charge in [-0.2, -0.15) is 0 Å². The third-order valence-corrected chi connectivity index (χ3v) is 2.18. The lowest BCUT2D eigenvalue weighted by Gasteiger charge is -2.18. The second kappa shape index (κ2) is 3.96. The molecule has 0 amide bonds. The van der Waals surface area contributed by atoms with E-state index < -0.39 is 18.1 Å². The van der Waals surface area contributed by atoms with Gasteiger partial charge in [0.05, 0.1) is 6.42 Å². The Bertz CT molecular complexity index is 332. The lowest BCUT2D eigenvalue weighted by atomic mass is 9.95. The Morgan fingerprint density at radius 2 is 2.00 bits per heavy atom. The topological polar surface area (TPSA) is 37.3 Å². The molecule has 1 aromatic carbocycles. The molecule has 0 aliphatic rings. The Hall–Kier alpha value is -1.09. The van der Waals surface area contributed by atoms with Gasteiger partial charge in [-0.05, 0) is 24.6 Å². The third kappa shape index (κ3) is 2.70. The Morgan fingerprint density at radius 1 is 1.50 bits per heavy atom. The largest absolute Gasteiger partial charge is 0.481 e. The molecule has 2 nitrogen and oxygen atoms in total. The number of benzene rings is 1. The number of carbonyl (C=O) groups is 1. The zero-order valence-electron chi connectivity index (χ0n) is 7.63. The van der Waals surface area contributed by atoms with Crippen molar-refractivity contribution < 1.29 is 14.3 Å². The Morgan fingerprint density at radius 3 is 2.43 bits per heavy atom. The second-order valence-corrected chi connectivity index (χ2v) is 3.71. The van der Waals surface area contributed by atoms with Gasteiger partial charge in [0.25, 0.3) is 0 Å². The van der Waals surface area contributed by atoms with E-state index in [4.69, 9.17) is 16.7 Å². The molecule has 0 aliphatic carbocycles. The van der Waals surface area contributed by atoms with Gasteiger partial charge < -0.3 is 5.11 Å². The van der Waals surface area contributed by atoms with Crippen molar-refractivity contribution in [2.75, 3.05) is 0 Å². The molecule has 76 valence electrons. The first-order valence-corrected chi connectivity index (χ1v) is 4.46. The van der Waals surface area contributed by atoms with Gasteiger partial charge >= 0.3 is 5.97 Å². The van der Waals surface area contributed by atoms with Crippen LogP contribution in [0.2, 0.25) is 5.02 Å². The fourth-order valence-corrected chi connectivity index (χ4v) is 1.31. The molecule has 0 saturated carbocycles. The highest BCUT2D eigenvalue weighted by molar-refractivity contribution is 6.30. The highest BCUT2D eigenvalue weighted by Crippen LogP contribution is 2.29. The maximum atomic E-state index is 13.8. The fourth-order valence-electron chi connectivity index (χ4n) is 1.18. The Kier molecular flexibility index (Phi) is 3.11. The van der Waals surface area contributed by atoms with E-state index in [1.54, 1.807) is 0 Å².